The second kappa shape index (κ2) is 7.77. The minimum atomic E-state index is -0.451. The van der Waals surface area contributed by atoms with Crippen molar-refractivity contribution in [2.24, 2.45) is 0 Å². The van der Waals surface area contributed by atoms with Crippen molar-refractivity contribution in [3.05, 3.63) is 29.6 Å². The van der Waals surface area contributed by atoms with Gasteiger partial charge in [0.1, 0.15) is 5.60 Å². The van der Waals surface area contributed by atoms with E-state index in [2.05, 4.69) is 27.8 Å². The van der Waals surface area contributed by atoms with Crippen LogP contribution in [0.15, 0.2) is 18.3 Å². The van der Waals surface area contributed by atoms with Gasteiger partial charge in [-0.2, -0.15) is 0 Å². The Morgan fingerprint density at radius 2 is 2.04 bits per heavy atom. The molecule has 5 nitrogen and oxygen atoms in total. The molecule has 1 aromatic rings. The molecule has 1 fully saturated rings. The predicted molar refractivity (Wildman–Crippen MR) is 91.2 cm³/mol. The van der Waals surface area contributed by atoms with Crippen molar-refractivity contribution in [2.45, 2.75) is 77.6 Å². The first-order valence-electron chi connectivity index (χ1n) is 8.46. The lowest BCUT2D eigenvalue weighted by molar-refractivity contribution is 0.0488. The van der Waals surface area contributed by atoms with Crippen molar-refractivity contribution in [3.63, 3.8) is 0 Å². The van der Waals surface area contributed by atoms with Gasteiger partial charge in [-0.15, -0.1) is 0 Å². The molecule has 1 aromatic heterocycles. The van der Waals surface area contributed by atoms with Gasteiger partial charge in [-0.3, -0.25) is 4.98 Å². The number of aromatic nitrogens is 1. The minimum Gasteiger partial charge on any atom is -0.444 e. The maximum absolute atomic E-state index is 11.9. The first kappa shape index (κ1) is 17.7. The highest BCUT2D eigenvalue weighted by atomic mass is 16.6. The van der Waals surface area contributed by atoms with Crippen LogP contribution in [0.25, 0.3) is 0 Å². The lowest BCUT2D eigenvalue weighted by Crippen LogP contribution is -2.45. The molecule has 5 heteroatoms. The van der Waals surface area contributed by atoms with Gasteiger partial charge in [0.15, 0.2) is 0 Å². The molecule has 0 aliphatic heterocycles. The van der Waals surface area contributed by atoms with Crippen molar-refractivity contribution in [3.8, 4) is 0 Å². The third kappa shape index (κ3) is 6.57. The van der Waals surface area contributed by atoms with Gasteiger partial charge in [0.2, 0.25) is 0 Å². The van der Waals surface area contributed by atoms with E-state index in [9.17, 15) is 4.79 Å². The molecule has 2 rings (SSSR count). The lowest BCUT2D eigenvalue weighted by Gasteiger charge is -2.31. The summed E-state index contributed by atoms with van der Waals surface area (Å²) in [4.78, 5) is 16.3. The van der Waals surface area contributed by atoms with Crippen LogP contribution in [0.4, 0.5) is 4.79 Å². The molecule has 23 heavy (non-hydrogen) atoms. The van der Waals surface area contributed by atoms with Gasteiger partial charge in [0, 0.05) is 24.8 Å². The van der Waals surface area contributed by atoms with E-state index < -0.39 is 5.60 Å². The molecule has 128 valence electrons. The molecule has 1 aliphatic rings. The Bertz CT molecular complexity index is 508. The smallest absolute Gasteiger partial charge is 0.407 e. The molecule has 2 atom stereocenters. The molecule has 1 heterocycles. The number of pyridine rings is 1. The van der Waals surface area contributed by atoms with Gasteiger partial charge >= 0.3 is 6.09 Å². The van der Waals surface area contributed by atoms with E-state index in [0.717, 1.165) is 37.9 Å². The SMILES string of the molecule is Cc1ccc(CN[C@@H]2CCC[C@@H](NC(=O)OC(C)(C)C)C2)nc1. The van der Waals surface area contributed by atoms with E-state index in [1.54, 1.807) is 0 Å². The van der Waals surface area contributed by atoms with Crippen LogP contribution >= 0.6 is 0 Å². The van der Waals surface area contributed by atoms with E-state index in [4.69, 9.17) is 4.74 Å². The maximum atomic E-state index is 11.9. The van der Waals surface area contributed by atoms with Crippen molar-refractivity contribution in [2.75, 3.05) is 0 Å². The molecular weight excluding hydrogens is 290 g/mol. The van der Waals surface area contributed by atoms with E-state index in [1.165, 1.54) is 5.56 Å². The summed E-state index contributed by atoms with van der Waals surface area (Å²) in [6, 6.07) is 4.73. The monoisotopic (exact) mass is 319 g/mol. The number of nitrogens with zero attached hydrogens (tertiary/aromatic N) is 1. The fraction of sp³-hybridized carbons (Fsp3) is 0.667. The molecule has 0 saturated heterocycles. The van der Waals surface area contributed by atoms with Gasteiger partial charge in [0.05, 0.1) is 5.69 Å². The third-order valence-electron chi connectivity index (χ3n) is 3.94. The van der Waals surface area contributed by atoms with Crippen LogP contribution in [0.2, 0.25) is 0 Å². The summed E-state index contributed by atoms with van der Waals surface area (Å²) >= 11 is 0. The number of nitrogens with one attached hydrogen (secondary N) is 2. The van der Waals surface area contributed by atoms with Crippen LogP contribution in [0, 0.1) is 6.92 Å². The van der Waals surface area contributed by atoms with Crippen LogP contribution in [-0.2, 0) is 11.3 Å². The van der Waals surface area contributed by atoms with Crippen LogP contribution in [-0.4, -0.2) is 28.8 Å². The fourth-order valence-corrected chi connectivity index (χ4v) is 2.83. The summed E-state index contributed by atoms with van der Waals surface area (Å²) in [5.74, 6) is 0. The standard InChI is InChI=1S/C18H29N3O2/c1-13-8-9-16(19-11-13)12-20-14-6-5-7-15(10-14)21-17(22)23-18(2,3)4/h8-9,11,14-15,20H,5-7,10,12H2,1-4H3,(H,21,22)/t14-,15-/m1/s1. The molecule has 1 amide bonds. The number of amides is 1. The van der Waals surface area contributed by atoms with Crippen molar-refractivity contribution in [1.29, 1.82) is 0 Å². The molecule has 1 saturated carbocycles. The topological polar surface area (TPSA) is 63.2 Å². The second-order valence-corrected chi connectivity index (χ2v) is 7.41. The highest BCUT2D eigenvalue weighted by Gasteiger charge is 2.25. The number of carbonyl (C=O) groups is 1. The van der Waals surface area contributed by atoms with E-state index >= 15 is 0 Å². The number of ether oxygens (including phenoxy) is 1. The Morgan fingerprint density at radius 1 is 1.30 bits per heavy atom. The van der Waals surface area contributed by atoms with Gasteiger partial charge in [0.25, 0.3) is 0 Å². The first-order chi connectivity index (χ1) is 10.8. The molecule has 0 unspecified atom stereocenters. The molecule has 2 N–H and O–H groups in total. The Labute approximate surface area is 139 Å². The highest BCUT2D eigenvalue weighted by Crippen LogP contribution is 2.19. The van der Waals surface area contributed by atoms with Crippen molar-refractivity contribution in [1.82, 2.24) is 15.6 Å². The lowest BCUT2D eigenvalue weighted by atomic mass is 9.91. The number of rotatable bonds is 4. The van der Waals surface area contributed by atoms with Gasteiger partial charge in [-0.05, 0) is 65.0 Å². The summed E-state index contributed by atoms with van der Waals surface area (Å²) < 4.78 is 5.34. The summed E-state index contributed by atoms with van der Waals surface area (Å²) in [6.45, 7) is 8.45. The Balaban J connectivity index is 1.76. The van der Waals surface area contributed by atoms with Crippen LogP contribution in [0.5, 0.6) is 0 Å². The Morgan fingerprint density at radius 3 is 2.70 bits per heavy atom. The summed E-state index contributed by atoms with van der Waals surface area (Å²) in [5.41, 5.74) is 1.78. The largest absolute Gasteiger partial charge is 0.444 e. The average molecular weight is 319 g/mol. The first-order valence-corrected chi connectivity index (χ1v) is 8.46. The number of carbonyl (C=O) groups excluding carboxylic acids is 1. The Hall–Kier alpha value is -1.62. The van der Waals surface area contributed by atoms with Gasteiger partial charge in [-0.1, -0.05) is 6.07 Å². The highest BCUT2D eigenvalue weighted by molar-refractivity contribution is 5.68. The number of hydrogen-bond donors (Lipinski definition) is 2. The molecule has 0 spiro atoms. The predicted octanol–water partition coefficient (Wildman–Crippen LogP) is 3.32. The van der Waals surface area contributed by atoms with Gasteiger partial charge < -0.3 is 15.4 Å². The summed E-state index contributed by atoms with van der Waals surface area (Å²) in [5, 5.41) is 6.55. The maximum Gasteiger partial charge on any atom is 0.407 e. The molecule has 0 bridgehead atoms. The second-order valence-electron chi connectivity index (χ2n) is 7.41. The molecule has 1 aliphatic carbocycles. The zero-order chi connectivity index (χ0) is 16.9. The van der Waals surface area contributed by atoms with Crippen molar-refractivity contribution < 1.29 is 9.53 Å². The van der Waals surface area contributed by atoms with E-state index in [0.29, 0.717) is 6.04 Å². The molecule has 0 radical (unpaired) electrons. The normalized spacial score (nSPS) is 21.7. The van der Waals surface area contributed by atoms with Crippen LogP contribution < -0.4 is 10.6 Å². The summed E-state index contributed by atoms with van der Waals surface area (Å²) in [7, 11) is 0. The zero-order valence-electron chi connectivity index (χ0n) is 14.7. The quantitative estimate of drug-likeness (QED) is 0.893. The number of aryl methyl sites for hydroxylation is 1. The van der Waals surface area contributed by atoms with Crippen LogP contribution in [0.1, 0.15) is 57.7 Å². The van der Waals surface area contributed by atoms with Gasteiger partial charge in [-0.25, -0.2) is 4.79 Å². The average Bonchev–Trinajstić information content (AvgIpc) is 2.45. The fourth-order valence-electron chi connectivity index (χ4n) is 2.83. The molecule has 0 aromatic carbocycles. The number of hydrogen-bond acceptors (Lipinski definition) is 4. The van der Waals surface area contributed by atoms with E-state index in [-0.39, 0.29) is 12.1 Å². The minimum absolute atomic E-state index is 0.182. The van der Waals surface area contributed by atoms with Crippen molar-refractivity contribution >= 4 is 6.09 Å². The third-order valence-corrected chi connectivity index (χ3v) is 3.94. The zero-order valence-corrected chi connectivity index (χ0v) is 14.7. The number of alkyl carbamates (subject to hydrolysis) is 1. The Kier molecular flexibility index (Phi) is 5.99. The molecular formula is C18H29N3O2. The van der Waals surface area contributed by atoms with Crippen LogP contribution in [0.3, 0.4) is 0 Å². The van der Waals surface area contributed by atoms with E-state index in [1.807, 2.05) is 33.9 Å². The summed E-state index contributed by atoms with van der Waals surface area (Å²) in [6.07, 6.45) is 5.77.